The first-order valence-electron chi connectivity index (χ1n) is 9.02. The zero-order valence-corrected chi connectivity index (χ0v) is 16.2. The second kappa shape index (κ2) is 6.70. The van der Waals surface area contributed by atoms with Crippen LogP contribution in [0.2, 0.25) is 0 Å². The Morgan fingerprint density at radius 3 is 2.57 bits per heavy atom. The maximum Gasteiger partial charge on any atom is 0.265 e. The summed E-state index contributed by atoms with van der Waals surface area (Å²) in [5, 5.41) is 10.3. The average molecular weight is 387 g/mol. The molecule has 0 aliphatic heterocycles. The summed E-state index contributed by atoms with van der Waals surface area (Å²) in [5.74, 6) is 0.565. The van der Waals surface area contributed by atoms with Crippen LogP contribution in [0.3, 0.4) is 0 Å². The van der Waals surface area contributed by atoms with Crippen LogP contribution in [0.1, 0.15) is 5.56 Å². The van der Waals surface area contributed by atoms with E-state index < -0.39 is 8.03 Å². The van der Waals surface area contributed by atoms with E-state index in [-0.39, 0.29) is 0 Å². The van der Waals surface area contributed by atoms with Gasteiger partial charge in [0, 0.05) is 21.6 Å². The van der Waals surface area contributed by atoms with Crippen LogP contribution in [0, 0.1) is 6.92 Å². The van der Waals surface area contributed by atoms with Gasteiger partial charge in [-0.3, -0.25) is 9.66 Å². The van der Waals surface area contributed by atoms with E-state index >= 15 is 0 Å². The lowest BCUT2D eigenvalue weighted by molar-refractivity contribution is 0.515. The molecule has 0 aliphatic rings. The predicted molar refractivity (Wildman–Crippen MR) is 114 cm³/mol. The Morgan fingerprint density at radius 1 is 0.929 bits per heavy atom. The average Bonchev–Trinajstić information content (AvgIpc) is 3.31. The maximum absolute atomic E-state index is 12.6. The van der Waals surface area contributed by atoms with Gasteiger partial charge in [0.25, 0.3) is 8.03 Å². The molecule has 1 unspecified atom stereocenters. The molecule has 0 amide bonds. The number of para-hydroxylation sites is 1. The number of H-pyrrole nitrogens is 2. The van der Waals surface area contributed by atoms with E-state index in [1.165, 1.54) is 0 Å². The van der Waals surface area contributed by atoms with Crippen LogP contribution < -0.4 is 9.83 Å². The van der Waals surface area contributed by atoms with Crippen LogP contribution in [-0.2, 0) is 4.57 Å². The van der Waals surface area contributed by atoms with Crippen molar-refractivity contribution in [1.82, 2.24) is 15.2 Å². The highest BCUT2D eigenvalue weighted by molar-refractivity contribution is 7.48. The van der Waals surface area contributed by atoms with Gasteiger partial charge >= 0.3 is 0 Å². The third-order valence-corrected chi connectivity index (χ3v) is 6.04. The van der Waals surface area contributed by atoms with Gasteiger partial charge in [-0.15, -0.1) is 0 Å². The van der Waals surface area contributed by atoms with Crippen LogP contribution in [0.4, 0.5) is 0 Å². The Hall–Kier alpha value is -3.30. The molecule has 28 heavy (non-hydrogen) atoms. The molecule has 0 spiro atoms. The molecule has 0 radical (unpaired) electrons. The highest BCUT2D eigenvalue weighted by Gasteiger charge is 2.13. The summed E-state index contributed by atoms with van der Waals surface area (Å²) in [6, 6.07) is 23.4. The van der Waals surface area contributed by atoms with Crippen LogP contribution in [0.5, 0.6) is 5.75 Å². The smallest absolute Gasteiger partial charge is 0.265 e. The minimum Gasteiger partial charge on any atom is -0.442 e. The third kappa shape index (κ3) is 3.00. The largest absolute Gasteiger partial charge is 0.442 e. The van der Waals surface area contributed by atoms with Crippen molar-refractivity contribution in [2.45, 2.75) is 6.92 Å². The van der Waals surface area contributed by atoms with Gasteiger partial charge in [0.15, 0.2) is 0 Å². The molecule has 0 bridgehead atoms. The van der Waals surface area contributed by atoms with Crippen molar-refractivity contribution in [3.8, 4) is 17.1 Å². The van der Waals surface area contributed by atoms with Gasteiger partial charge in [0.1, 0.15) is 11.4 Å². The summed E-state index contributed by atoms with van der Waals surface area (Å²) in [4.78, 5) is 3.40. The van der Waals surface area contributed by atoms with Crippen LogP contribution in [-0.4, -0.2) is 15.2 Å². The van der Waals surface area contributed by atoms with Crippen LogP contribution >= 0.6 is 8.03 Å². The highest BCUT2D eigenvalue weighted by Crippen LogP contribution is 2.33. The zero-order valence-electron chi connectivity index (χ0n) is 15.2. The number of benzene rings is 3. The summed E-state index contributed by atoms with van der Waals surface area (Å²) < 4.78 is 18.4. The van der Waals surface area contributed by atoms with Crippen molar-refractivity contribution in [3.63, 3.8) is 0 Å². The predicted octanol–water partition coefficient (Wildman–Crippen LogP) is 5.20. The lowest BCUT2D eigenvalue weighted by Gasteiger charge is -2.07. The Morgan fingerprint density at radius 2 is 1.75 bits per heavy atom. The number of rotatable bonds is 4. The van der Waals surface area contributed by atoms with Crippen molar-refractivity contribution in [2.24, 2.45) is 0 Å². The number of aromatic nitrogens is 3. The number of nitrogens with zero attached hydrogens (tertiary/aromatic N) is 1. The minimum absolute atomic E-state index is 0.565. The Balaban J connectivity index is 1.51. The monoisotopic (exact) mass is 387 g/mol. The third-order valence-electron chi connectivity index (χ3n) is 4.82. The van der Waals surface area contributed by atoms with Crippen molar-refractivity contribution in [2.75, 3.05) is 0 Å². The van der Waals surface area contributed by atoms with Crippen molar-refractivity contribution in [1.29, 1.82) is 0 Å². The zero-order chi connectivity index (χ0) is 19.1. The van der Waals surface area contributed by atoms with Crippen molar-refractivity contribution >= 4 is 35.1 Å². The molecule has 1 atom stereocenters. The van der Waals surface area contributed by atoms with Gasteiger partial charge in [0.05, 0.1) is 11.2 Å². The fraction of sp³-hybridized carbons (Fsp3) is 0.0455. The fourth-order valence-electron chi connectivity index (χ4n) is 3.32. The molecule has 0 fully saturated rings. The fourth-order valence-corrected chi connectivity index (χ4v) is 4.22. The van der Waals surface area contributed by atoms with Crippen molar-refractivity contribution in [3.05, 3.63) is 78.4 Å². The molecule has 0 aliphatic carbocycles. The second-order valence-corrected chi connectivity index (χ2v) is 8.16. The van der Waals surface area contributed by atoms with E-state index in [0.29, 0.717) is 11.1 Å². The SMILES string of the molecule is Cc1ccc([PH](=O)Oc2ccc3[nH]nc(-c4cc5ccccc5[nH]4)c3c2)cc1. The Kier molecular flexibility index (Phi) is 4.03. The minimum atomic E-state index is -2.37. The lowest BCUT2D eigenvalue weighted by atomic mass is 10.1. The Labute approximate surface area is 162 Å². The molecule has 0 saturated heterocycles. The number of nitrogens with one attached hydrogen (secondary N) is 2. The van der Waals surface area contributed by atoms with E-state index in [0.717, 1.165) is 38.8 Å². The molecule has 5 rings (SSSR count). The molecule has 5 aromatic rings. The molecule has 2 heterocycles. The van der Waals surface area contributed by atoms with E-state index in [1.54, 1.807) is 0 Å². The Bertz CT molecular complexity index is 1290. The van der Waals surface area contributed by atoms with E-state index in [4.69, 9.17) is 4.52 Å². The summed E-state index contributed by atoms with van der Waals surface area (Å²) in [7, 11) is -2.37. The summed E-state index contributed by atoms with van der Waals surface area (Å²) in [6.07, 6.45) is 0. The normalized spacial score (nSPS) is 12.5. The van der Waals surface area contributed by atoms with Crippen LogP contribution in [0.25, 0.3) is 33.2 Å². The summed E-state index contributed by atoms with van der Waals surface area (Å²) in [5.41, 5.74) is 4.82. The lowest BCUT2D eigenvalue weighted by Crippen LogP contribution is -1.99. The number of hydrogen-bond donors (Lipinski definition) is 2. The maximum atomic E-state index is 12.6. The van der Waals surface area contributed by atoms with E-state index in [9.17, 15) is 4.57 Å². The molecule has 5 nitrogen and oxygen atoms in total. The first kappa shape index (κ1) is 16.8. The molecule has 2 N–H and O–H groups in total. The molecular formula is C22H18N3O2P. The highest BCUT2D eigenvalue weighted by atomic mass is 31.1. The van der Waals surface area contributed by atoms with E-state index in [2.05, 4.69) is 27.3 Å². The van der Waals surface area contributed by atoms with E-state index in [1.807, 2.05) is 67.6 Å². The van der Waals surface area contributed by atoms with Gasteiger partial charge in [-0.05, 0) is 49.4 Å². The van der Waals surface area contributed by atoms with Gasteiger partial charge < -0.3 is 9.51 Å². The van der Waals surface area contributed by atoms with Gasteiger partial charge in [-0.25, -0.2) is 0 Å². The molecular weight excluding hydrogens is 369 g/mol. The first-order valence-corrected chi connectivity index (χ1v) is 10.3. The standard InChI is InChI=1S/C22H18N3O2P/c1-14-6-9-17(10-7-14)28(26)27-16-8-11-20-18(13-16)22(25-24-20)21-12-15-4-2-3-5-19(15)23-21/h2-13,23,28H,1H3,(H,24,25). The molecule has 6 heteroatoms. The van der Waals surface area contributed by atoms with Gasteiger partial charge in [-0.2, -0.15) is 5.10 Å². The number of hydrogen-bond acceptors (Lipinski definition) is 3. The quantitative estimate of drug-likeness (QED) is 0.417. The van der Waals surface area contributed by atoms with Gasteiger partial charge in [0.2, 0.25) is 0 Å². The topological polar surface area (TPSA) is 70.8 Å². The molecule has 138 valence electrons. The number of aryl methyl sites for hydroxylation is 1. The van der Waals surface area contributed by atoms with Crippen LogP contribution in [0.15, 0.2) is 72.8 Å². The molecule has 3 aromatic carbocycles. The second-order valence-electron chi connectivity index (χ2n) is 6.81. The molecule has 2 aromatic heterocycles. The number of fused-ring (bicyclic) bond motifs is 2. The van der Waals surface area contributed by atoms with Gasteiger partial charge in [-0.1, -0.05) is 35.9 Å². The van der Waals surface area contributed by atoms with Crippen molar-refractivity contribution < 1.29 is 9.09 Å². The summed E-state index contributed by atoms with van der Waals surface area (Å²) in [6.45, 7) is 2.00. The first-order chi connectivity index (χ1) is 13.7. The summed E-state index contributed by atoms with van der Waals surface area (Å²) >= 11 is 0. The molecule has 0 saturated carbocycles. The number of aromatic amines is 2.